The highest BCUT2D eigenvalue weighted by atomic mass is 16.5. The van der Waals surface area contributed by atoms with Gasteiger partial charge < -0.3 is 14.5 Å². The fourth-order valence-electron chi connectivity index (χ4n) is 2.13. The Morgan fingerprint density at radius 2 is 1.81 bits per heavy atom. The summed E-state index contributed by atoms with van der Waals surface area (Å²) in [5, 5.41) is 8.63. The van der Waals surface area contributed by atoms with Crippen LogP contribution in [0.3, 0.4) is 0 Å². The normalized spacial score (nSPS) is 10.9. The predicted octanol–water partition coefficient (Wildman–Crippen LogP) is 2.41. The standard InChI is InChI=1S/C17H27N3O/c1-4-20(13-5-12-19(2)3)14-15-21-17-8-6-16(7-9-17)10-11-18/h6-9H,4-5,10,12-15H2,1-3H3. The van der Waals surface area contributed by atoms with Crippen LogP contribution >= 0.6 is 0 Å². The van der Waals surface area contributed by atoms with E-state index in [4.69, 9.17) is 10.00 Å². The average Bonchev–Trinajstić information content (AvgIpc) is 2.47. The van der Waals surface area contributed by atoms with Crippen LogP contribution in [-0.2, 0) is 6.42 Å². The Labute approximate surface area is 128 Å². The Balaban J connectivity index is 2.25. The third-order valence-corrected chi connectivity index (χ3v) is 3.41. The van der Waals surface area contributed by atoms with E-state index in [1.165, 1.54) is 6.42 Å². The van der Waals surface area contributed by atoms with Crippen LogP contribution in [0.15, 0.2) is 24.3 Å². The highest BCUT2D eigenvalue weighted by Gasteiger charge is 2.03. The Morgan fingerprint density at radius 3 is 2.38 bits per heavy atom. The van der Waals surface area contributed by atoms with Gasteiger partial charge in [0.05, 0.1) is 12.5 Å². The maximum absolute atomic E-state index is 8.63. The third-order valence-electron chi connectivity index (χ3n) is 3.41. The summed E-state index contributed by atoms with van der Waals surface area (Å²) in [6, 6.07) is 9.93. The van der Waals surface area contributed by atoms with Crippen molar-refractivity contribution in [2.45, 2.75) is 19.8 Å². The first kappa shape index (κ1) is 17.5. The lowest BCUT2D eigenvalue weighted by Crippen LogP contribution is -2.31. The zero-order valence-electron chi connectivity index (χ0n) is 13.5. The minimum atomic E-state index is 0.454. The predicted molar refractivity (Wildman–Crippen MR) is 86.5 cm³/mol. The van der Waals surface area contributed by atoms with Gasteiger partial charge in [0.2, 0.25) is 0 Å². The second-order valence-electron chi connectivity index (χ2n) is 5.42. The number of ether oxygens (including phenoxy) is 1. The molecule has 0 saturated carbocycles. The summed E-state index contributed by atoms with van der Waals surface area (Å²) in [5.74, 6) is 0.876. The molecular weight excluding hydrogens is 262 g/mol. The molecule has 0 aliphatic rings. The fourth-order valence-corrected chi connectivity index (χ4v) is 2.13. The topological polar surface area (TPSA) is 39.5 Å². The maximum atomic E-state index is 8.63. The van der Waals surface area contributed by atoms with E-state index >= 15 is 0 Å². The maximum Gasteiger partial charge on any atom is 0.119 e. The Bertz CT molecular complexity index is 423. The van der Waals surface area contributed by atoms with Crippen LogP contribution in [0.1, 0.15) is 18.9 Å². The second-order valence-corrected chi connectivity index (χ2v) is 5.42. The minimum Gasteiger partial charge on any atom is -0.492 e. The van der Waals surface area contributed by atoms with Crippen molar-refractivity contribution in [3.05, 3.63) is 29.8 Å². The molecule has 0 fully saturated rings. The molecule has 1 rings (SSSR count). The van der Waals surface area contributed by atoms with Gasteiger partial charge in [0.15, 0.2) is 0 Å². The number of rotatable bonds is 10. The smallest absolute Gasteiger partial charge is 0.119 e. The molecule has 0 radical (unpaired) electrons. The Hall–Kier alpha value is -1.57. The van der Waals surface area contributed by atoms with Crippen molar-refractivity contribution in [3.8, 4) is 11.8 Å². The van der Waals surface area contributed by atoms with E-state index in [9.17, 15) is 0 Å². The van der Waals surface area contributed by atoms with Crippen molar-refractivity contribution in [1.29, 1.82) is 5.26 Å². The third kappa shape index (κ3) is 7.69. The molecule has 1 aromatic rings. The van der Waals surface area contributed by atoms with Gasteiger partial charge in [-0.1, -0.05) is 19.1 Å². The van der Waals surface area contributed by atoms with E-state index in [-0.39, 0.29) is 0 Å². The van der Waals surface area contributed by atoms with Crippen LogP contribution in [0.25, 0.3) is 0 Å². The SMILES string of the molecule is CCN(CCCN(C)C)CCOc1ccc(CC#N)cc1. The molecule has 0 N–H and O–H groups in total. The molecule has 0 saturated heterocycles. The largest absolute Gasteiger partial charge is 0.492 e. The monoisotopic (exact) mass is 289 g/mol. The first-order chi connectivity index (χ1) is 10.2. The van der Waals surface area contributed by atoms with Gasteiger partial charge in [-0.2, -0.15) is 5.26 Å². The zero-order chi connectivity index (χ0) is 15.5. The number of nitriles is 1. The van der Waals surface area contributed by atoms with Crippen LogP contribution in [0, 0.1) is 11.3 Å². The average molecular weight is 289 g/mol. The fraction of sp³-hybridized carbons (Fsp3) is 0.588. The second kappa shape index (κ2) is 10.2. The van der Waals surface area contributed by atoms with Crippen molar-refractivity contribution in [2.24, 2.45) is 0 Å². The Morgan fingerprint density at radius 1 is 1.10 bits per heavy atom. The molecule has 0 bridgehead atoms. The van der Waals surface area contributed by atoms with Gasteiger partial charge in [-0.15, -0.1) is 0 Å². The molecule has 0 spiro atoms. The number of hydrogen-bond acceptors (Lipinski definition) is 4. The first-order valence-electron chi connectivity index (χ1n) is 7.61. The summed E-state index contributed by atoms with van der Waals surface area (Å²) < 4.78 is 5.76. The summed E-state index contributed by atoms with van der Waals surface area (Å²) in [5.41, 5.74) is 1.03. The van der Waals surface area contributed by atoms with Gasteiger partial charge in [0.1, 0.15) is 12.4 Å². The van der Waals surface area contributed by atoms with E-state index < -0.39 is 0 Å². The van der Waals surface area contributed by atoms with Crippen molar-refractivity contribution >= 4 is 0 Å². The van der Waals surface area contributed by atoms with Crippen molar-refractivity contribution in [3.63, 3.8) is 0 Å². The zero-order valence-corrected chi connectivity index (χ0v) is 13.5. The lowest BCUT2D eigenvalue weighted by Gasteiger charge is -2.21. The van der Waals surface area contributed by atoms with Crippen LogP contribution in [0.2, 0.25) is 0 Å². The van der Waals surface area contributed by atoms with Crippen LogP contribution in [-0.4, -0.2) is 56.7 Å². The molecule has 0 aromatic heterocycles. The molecule has 0 atom stereocenters. The number of hydrogen-bond donors (Lipinski definition) is 0. The highest BCUT2D eigenvalue weighted by molar-refractivity contribution is 5.28. The van der Waals surface area contributed by atoms with E-state index in [0.717, 1.165) is 37.5 Å². The molecule has 116 valence electrons. The van der Waals surface area contributed by atoms with Gasteiger partial charge in [-0.25, -0.2) is 0 Å². The van der Waals surface area contributed by atoms with E-state index in [2.05, 4.69) is 36.9 Å². The quantitative estimate of drug-likeness (QED) is 0.663. The molecule has 4 heteroatoms. The summed E-state index contributed by atoms with van der Waals surface area (Å²) in [7, 11) is 4.21. The van der Waals surface area contributed by atoms with Crippen LogP contribution in [0.4, 0.5) is 0 Å². The van der Waals surface area contributed by atoms with E-state index in [0.29, 0.717) is 13.0 Å². The van der Waals surface area contributed by atoms with Crippen molar-refractivity contribution < 1.29 is 4.74 Å². The molecular formula is C17H27N3O. The summed E-state index contributed by atoms with van der Waals surface area (Å²) in [6.07, 6.45) is 1.64. The molecule has 21 heavy (non-hydrogen) atoms. The Kier molecular flexibility index (Phi) is 8.49. The minimum absolute atomic E-state index is 0.454. The van der Waals surface area contributed by atoms with Gasteiger partial charge in [0, 0.05) is 6.54 Å². The lowest BCUT2D eigenvalue weighted by molar-refractivity contribution is 0.208. The van der Waals surface area contributed by atoms with Crippen molar-refractivity contribution in [1.82, 2.24) is 9.80 Å². The molecule has 0 amide bonds. The first-order valence-corrected chi connectivity index (χ1v) is 7.61. The van der Waals surface area contributed by atoms with E-state index in [1.807, 2.05) is 24.3 Å². The van der Waals surface area contributed by atoms with Gasteiger partial charge >= 0.3 is 0 Å². The van der Waals surface area contributed by atoms with Crippen LogP contribution in [0.5, 0.6) is 5.75 Å². The number of likely N-dealkylation sites (N-methyl/N-ethyl adjacent to an activating group) is 1. The highest BCUT2D eigenvalue weighted by Crippen LogP contribution is 2.12. The lowest BCUT2D eigenvalue weighted by atomic mass is 10.2. The van der Waals surface area contributed by atoms with Crippen LogP contribution < -0.4 is 4.74 Å². The molecule has 0 aliphatic heterocycles. The molecule has 0 heterocycles. The summed E-state index contributed by atoms with van der Waals surface area (Å²) >= 11 is 0. The van der Waals surface area contributed by atoms with Gasteiger partial charge in [-0.05, 0) is 57.8 Å². The van der Waals surface area contributed by atoms with Gasteiger partial charge in [0.25, 0.3) is 0 Å². The number of benzene rings is 1. The van der Waals surface area contributed by atoms with E-state index in [1.54, 1.807) is 0 Å². The summed E-state index contributed by atoms with van der Waals surface area (Å²) in [4.78, 5) is 4.63. The van der Waals surface area contributed by atoms with Crippen molar-refractivity contribution in [2.75, 3.05) is 46.9 Å². The molecule has 1 aromatic carbocycles. The van der Waals surface area contributed by atoms with Gasteiger partial charge in [-0.3, -0.25) is 0 Å². The molecule has 4 nitrogen and oxygen atoms in total. The number of nitrogens with zero attached hydrogens (tertiary/aromatic N) is 3. The molecule has 0 unspecified atom stereocenters. The molecule has 0 aliphatic carbocycles. The summed E-state index contributed by atoms with van der Waals surface area (Å²) in [6.45, 7) is 7.12.